The number of ether oxygens (including phenoxy) is 1. The van der Waals surface area contributed by atoms with E-state index in [-0.39, 0.29) is 17.9 Å². The molecule has 0 atom stereocenters. The molecule has 0 aliphatic heterocycles. The molecule has 0 aliphatic rings. The maximum absolute atomic E-state index is 12.6. The van der Waals surface area contributed by atoms with Crippen LogP contribution in [0, 0.1) is 6.92 Å². The first-order chi connectivity index (χ1) is 16.4. The number of rotatable bonds is 8. The first-order valence-corrected chi connectivity index (χ1v) is 11.2. The fourth-order valence-electron chi connectivity index (χ4n) is 3.60. The Kier molecular flexibility index (Phi) is 6.92. The molecular weight excluding hydrogens is 428 g/mol. The fourth-order valence-corrected chi connectivity index (χ4v) is 3.60. The summed E-state index contributed by atoms with van der Waals surface area (Å²) in [6, 6.07) is 18.4. The number of fused-ring (bicyclic) bond motifs is 1. The molecule has 0 spiro atoms. The SMILES string of the molecule is Cc1cccn2cc(COc3ccc(C(=O)Nc4ccc(CC(=O)NC(C)C)cc4)cc3)nc12. The summed E-state index contributed by atoms with van der Waals surface area (Å²) in [5.41, 5.74) is 4.94. The second-order valence-corrected chi connectivity index (χ2v) is 8.52. The number of benzene rings is 2. The smallest absolute Gasteiger partial charge is 0.255 e. The standard InChI is InChI=1S/C27H28N4O3/c1-18(2)28-25(32)15-20-6-10-22(11-7-20)30-27(33)21-8-12-24(13-9-21)34-17-23-16-31-14-4-5-19(3)26(31)29-23/h4-14,16,18H,15,17H2,1-3H3,(H,28,32)(H,30,33). The van der Waals surface area contributed by atoms with Crippen molar-refractivity contribution >= 4 is 23.1 Å². The number of nitrogens with zero attached hydrogens (tertiary/aromatic N) is 2. The van der Waals surface area contributed by atoms with Gasteiger partial charge in [0.25, 0.3) is 5.91 Å². The van der Waals surface area contributed by atoms with Gasteiger partial charge in [-0.1, -0.05) is 18.2 Å². The van der Waals surface area contributed by atoms with Crippen molar-refractivity contribution in [2.24, 2.45) is 0 Å². The van der Waals surface area contributed by atoms with E-state index >= 15 is 0 Å². The van der Waals surface area contributed by atoms with Crippen molar-refractivity contribution in [2.45, 2.75) is 39.8 Å². The summed E-state index contributed by atoms with van der Waals surface area (Å²) in [5.74, 6) is 0.424. The van der Waals surface area contributed by atoms with Gasteiger partial charge in [-0.05, 0) is 74.4 Å². The number of anilines is 1. The third-order valence-electron chi connectivity index (χ3n) is 5.26. The van der Waals surface area contributed by atoms with Gasteiger partial charge in [0.2, 0.25) is 5.91 Å². The Labute approximate surface area is 198 Å². The van der Waals surface area contributed by atoms with Crippen LogP contribution in [0.3, 0.4) is 0 Å². The van der Waals surface area contributed by atoms with Crippen LogP contribution in [0.2, 0.25) is 0 Å². The van der Waals surface area contributed by atoms with Crippen LogP contribution in [0.25, 0.3) is 5.65 Å². The zero-order valence-corrected chi connectivity index (χ0v) is 19.5. The number of aryl methyl sites for hydroxylation is 1. The van der Waals surface area contributed by atoms with Crippen LogP contribution in [-0.4, -0.2) is 27.2 Å². The van der Waals surface area contributed by atoms with Crippen molar-refractivity contribution < 1.29 is 14.3 Å². The molecule has 0 unspecified atom stereocenters. The summed E-state index contributed by atoms with van der Waals surface area (Å²) in [6.07, 6.45) is 4.22. The minimum atomic E-state index is -0.215. The first kappa shape index (κ1) is 23.0. The molecule has 2 aromatic heterocycles. The fraction of sp³-hybridized carbons (Fsp3) is 0.222. The Morgan fingerprint density at radius 2 is 1.76 bits per heavy atom. The number of carbonyl (C=O) groups excluding carboxylic acids is 2. The van der Waals surface area contributed by atoms with Crippen LogP contribution in [0.5, 0.6) is 5.75 Å². The lowest BCUT2D eigenvalue weighted by atomic mass is 10.1. The third-order valence-corrected chi connectivity index (χ3v) is 5.26. The number of carbonyl (C=O) groups is 2. The predicted molar refractivity (Wildman–Crippen MR) is 132 cm³/mol. The minimum absolute atomic E-state index is 0.0228. The summed E-state index contributed by atoms with van der Waals surface area (Å²) in [7, 11) is 0. The average Bonchev–Trinajstić information content (AvgIpc) is 3.23. The van der Waals surface area contributed by atoms with E-state index in [1.807, 2.05) is 61.8 Å². The molecule has 2 aromatic carbocycles. The van der Waals surface area contributed by atoms with E-state index in [0.717, 1.165) is 22.5 Å². The van der Waals surface area contributed by atoms with E-state index in [9.17, 15) is 9.59 Å². The molecule has 34 heavy (non-hydrogen) atoms. The highest BCUT2D eigenvalue weighted by Crippen LogP contribution is 2.17. The molecular formula is C27H28N4O3. The minimum Gasteiger partial charge on any atom is -0.487 e. The highest BCUT2D eigenvalue weighted by Gasteiger charge is 2.09. The normalized spacial score (nSPS) is 10.9. The molecule has 0 aliphatic carbocycles. The zero-order valence-electron chi connectivity index (χ0n) is 19.5. The van der Waals surface area contributed by atoms with Gasteiger partial charge in [-0.15, -0.1) is 0 Å². The molecule has 2 heterocycles. The Bertz CT molecular complexity index is 1290. The van der Waals surface area contributed by atoms with Gasteiger partial charge in [0.15, 0.2) is 0 Å². The molecule has 0 radical (unpaired) electrons. The van der Waals surface area contributed by atoms with Crippen molar-refractivity contribution in [1.29, 1.82) is 0 Å². The molecule has 0 saturated heterocycles. The number of imidazole rings is 1. The van der Waals surface area contributed by atoms with Crippen molar-refractivity contribution in [3.63, 3.8) is 0 Å². The number of hydrogen-bond donors (Lipinski definition) is 2. The second-order valence-electron chi connectivity index (χ2n) is 8.52. The Morgan fingerprint density at radius 1 is 1.03 bits per heavy atom. The van der Waals surface area contributed by atoms with Crippen molar-refractivity contribution in [3.8, 4) is 5.75 Å². The van der Waals surface area contributed by atoms with Crippen LogP contribution in [0.4, 0.5) is 5.69 Å². The Morgan fingerprint density at radius 3 is 2.44 bits per heavy atom. The highest BCUT2D eigenvalue weighted by atomic mass is 16.5. The summed E-state index contributed by atoms with van der Waals surface area (Å²) in [6.45, 7) is 6.22. The predicted octanol–water partition coefficient (Wildman–Crippen LogP) is 4.54. The molecule has 2 N–H and O–H groups in total. The largest absolute Gasteiger partial charge is 0.487 e. The Balaban J connectivity index is 1.31. The number of pyridine rings is 1. The maximum Gasteiger partial charge on any atom is 0.255 e. The van der Waals surface area contributed by atoms with Gasteiger partial charge >= 0.3 is 0 Å². The molecule has 174 valence electrons. The van der Waals surface area contributed by atoms with Crippen LogP contribution in [0.1, 0.15) is 41.0 Å². The summed E-state index contributed by atoms with van der Waals surface area (Å²) >= 11 is 0. The zero-order chi connectivity index (χ0) is 24.1. The van der Waals surface area contributed by atoms with E-state index in [1.165, 1.54) is 0 Å². The van der Waals surface area contributed by atoms with Crippen molar-refractivity contribution in [2.75, 3.05) is 5.32 Å². The van der Waals surface area contributed by atoms with Crippen LogP contribution < -0.4 is 15.4 Å². The third kappa shape index (κ3) is 5.81. The lowest BCUT2D eigenvalue weighted by molar-refractivity contribution is -0.120. The molecule has 4 aromatic rings. The van der Waals surface area contributed by atoms with Gasteiger partial charge < -0.3 is 19.8 Å². The van der Waals surface area contributed by atoms with Crippen molar-refractivity contribution in [1.82, 2.24) is 14.7 Å². The molecule has 2 amide bonds. The number of hydrogen-bond acceptors (Lipinski definition) is 4. The van der Waals surface area contributed by atoms with Gasteiger partial charge in [0, 0.05) is 29.7 Å². The first-order valence-electron chi connectivity index (χ1n) is 11.2. The number of aromatic nitrogens is 2. The lowest BCUT2D eigenvalue weighted by Gasteiger charge is -2.10. The molecule has 0 saturated carbocycles. The monoisotopic (exact) mass is 456 g/mol. The molecule has 0 fully saturated rings. The van der Waals surface area contributed by atoms with Crippen molar-refractivity contribution in [3.05, 3.63) is 95.4 Å². The van der Waals surface area contributed by atoms with E-state index in [0.29, 0.717) is 30.0 Å². The highest BCUT2D eigenvalue weighted by molar-refractivity contribution is 6.04. The number of nitrogens with one attached hydrogen (secondary N) is 2. The summed E-state index contributed by atoms with van der Waals surface area (Å²) in [4.78, 5) is 29.1. The van der Waals surface area contributed by atoms with Crippen LogP contribution >= 0.6 is 0 Å². The van der Waals surface area contributed by atoms with E-state index < -0.39 is 0 Å². The molecule has 7 heteroatoms. The lowest BCUT2D eigenvalue weighted by Crippen LogP contribution is -2.31. The quantitative estimate of drug-likeness (QED) is 0.408. The van der Waals surface area contributed by atoms with Gasteiger partial charge in [0.05, 0.1) is 12.1 Å². The van der Waals surface area contributed by atoms with E-state index in [2.05, 4.69) is 15.6 Å². The molecule has 7 nitrogen and oxygen atoms in total. The van der Waals surface area contributed by atoms with Crippen LogP contribution in [0.15, 0.2) is 73.1 Å². The molecule has 0 bridgehead atoms. The Hall–Kier alpha value is -4.13. The summed E-state index contributed by atoms with van der Waals surface area (Å²) < 4.78 is 7.82. The number of amides is 2. The second kappa shape index (κ2) is 10.2. The van der Waals surface area contributed by atoms with Gasteiger partial charge in [0.1, 0.15) is 18.0 Å². The van der Waals surface area contributed by atoms with E-state index in [4.69, 9.17) is 4.74 Å². The van der Waals surface area contributed by atoms with Gasteiger partial charge in [-0.2, -0.15) is 0 Å². The van der Waals surface area contributed by atoms with Crippen LogP contribution in [-0.2, 0) is 17.8 Å². The van der Waals surface area contributed by atoms with Gasteiger partial charge in [-0.25, -0.2) is 4.98 Å². The topological polar surface area (TPSA) is 84.7 Å². The maximum atomic E-state index is 12.6. The van der Waals surface area contributed by atoms with E-state index in [1.54, 1.807) is 36.4 Å². The summed E-state index contributed by atoms with van der Waals surface area (Å²) in [5, 5.41) is 5.74. The average molecular weight is 457 g/mol. The van der Waals surface area contributed by atoms with Gasteiger partial charge in [-0.3, -0.25) is 9.59 Å². The molecule has 4 rings (SSSR count).